The molecule has 49 heavy (non-hydrogen) atoms. The maximum atomic E-state index is 16.3. The molecule has 2 amide bonds. The Morgan fingerprint density at radius 2 is 1.86 bits per heavy atom. The van der Waals surface area contributed by atoms with Gasteiger partial charge in [-0.1, -0.05) is 70.5 Å². The van der Waals surface area contributed by atoms with E-state index in [0.717, 1.165) is 15.6 Å². The van der Waals surface area contributed by atoms with Crippen molar-refractivity contribution in [2.45, 2.75) is 75.7 Å². The molecule has 2 aliphatic rings. The number of ether oxygens (including phenoxy) is 1. The summed E-state index contributed by atoms with van der Waals surface area (Å²) in [5.41, 5.74) is 2.50. The third-order valence-electron chi connectivity index (χ3n) is 9.80. The lowest BCUT2D eigenvalue weighted by Gasteiger charge is -2.31. The number of aryl methyl sites for hydroxylation is 1. The predicted molar refractivity (Wildman–Crippen MR) is 190 cm³/mol. The van der Waals surface area contributed by atoms with Gasteiger partial charge in [0, 0.05) is 39.9 Å². The molecule has 13 heteroatoms. The lowest BCUT2D eigenvalue weighted by molar-refractivity contribution is -0.146. The van der Waals surface area contributed by atoms with Gasteiger partial charge < -0.3 is 29.3 Å². The number of anilines is 2. The van der Waals surface area contributed by atoms with Gasteiger partial charge in [-0.2, -0.15) is 0 Å². The molecular formula is C36H41BrFN5O5Si. The van der Waals surface area contributed by atoms with Crippen LogP contribution in [0.15, 0.2) is 83.5 Å². The molecule has 0 bridgehead atoms. The Bertz CT molecular complexity index is 1820. The van der Waals surface area contributed by atoms with E-state index in [2.05, 4.69) is 31.6 Å². The van der Waals surface area contributed by atoms with Crippen LogP contribution in [0.1, 0.15) is 48.6 Å². The normalized spacial score (nSPS) is 23.1. The molecule has 3 heterocycles. The average molecular weight is 751 g/mol. The Morgan fingerprint density at radius 3 is 2.51 bits per heavy atom. The highest BCUT2D eigenvalue weighted by atomic mass is 79.9. The van der Waals surface area contributed by atoms with E-state index < -0.39 is 43.6 Å². The van der Waals surface area contributed by atoms with Crippen LogP contribution in [0.4, 0.5) is 15.5 Å². The number of amides is 2. The summed E-state index contributed by atoms with van der Waals surface area (Å²) < 4.78 is 25.7. The van der Waals surface area contributed by atoms with Crippen LogP contribution in [0.25, 0.3) is 0 Å². The van der Waals surface area contributed by atoms with E-state index in [9.17, 15) is 19.8 Å². The molecule has 4 aromatic rings. The Hall–Kier alpha value is -3.75. The van der Waals surface area contributed by atoms with E-state index in [1.165, 1.54) is 6.92 Å². The van der Waals surface area contributed by atoms with Gasteiger partial charge in [-0.25, -0.2) is 0 Å². The van der Waals surface area contributed by atoms with E-state index in [-0.39, 0.29) is 25.0 Å². The molecule has 1 aromatic heterocycles. The number of fused-ring (bicyclic) bond motifs is 2. The number of aromatic nitrogens is 3. The van der Waals surface area contributed by atoms with Crippen LogP contribution in [0.3, 0.4) is 0 Å². The number of benzene rings is 3. The zero-order chi connectivity index (χ0) is 35.1. The number of hydrogen-bond donors (Lipinski definition) is 3. The van der Waals surface area contributed by atoms with E-state index in [4.69, 9.17) is 4.74 Å². The van der Waals surface area contributed by atoms with Crippen LogP contribution in [0, 0.1) is 5.92 Å². The zero-order valence-corrected chi connectivity index (χ0v) is 30.5. The number of carbonyl (C=O) groups is 2. The Kier molecular flexibility index (Phi) is 9.93. The third kappa shape index (κ3) is 6.74. The summed E-state index contributed by atoms with van der Waals surface area (Å²) >= 11 is 3.59. The van der Waals surface area contributed by atoms with Gasteiger partial charge in [-0.15, -0.1) is 5.10 Å². The smallest absolute Gasteiger partial charge is 0.264 e. The molecular weight excluding hydrogens is 709 g/mol. The van der Waals surface area contributed by atoms with Crippen LogP contribution in [-0.4, -0.2) is 64.2 Å². The van der Waals surface area contributed by atoms with Crippen molar-refractivity contribution in [2.75, 3.05) is 16.8 Å². The van der Waals surface area contributed by atoms with Gasteiger partial charge in [-0.05, 0) is 67.9 Å². The molecule has 258 valence electrons. The Labute approximate surface area is 294 Å². The number of halogens is 2. The molecule has 3 N–H and O–H groups in total. The van der Waals surface area contributed by atoms with Crippen molar-refractivity contribution in [2.24, 2.45) is 5.92 Å². The molecule has 1 spiro atoms. The van der Waals surface area contributed by atoms with Crippen molar-refractivity contribution in [3.63, 3.8) is 0 Å². The molecule has 6 rings (SSSR count). The SMILES string of the molecule is C[C@H](O)C(=O)Nc1ccc(CN2C(=O)[C@@]3(O[C@@H](CCn4cc(C(CO)c5ccccc5)nn4)[C@H]([Si](C)(C)F)[C@H]3C)c3cc(Br)ccc32)cc1. The third-order valence-corrected chi connectivity index (χ3v) is 12.8. The molecule has 1 fully saturated rings. The van der Waals surface area contributed by atoms with E-state index in [0.29, 0.717) is 35.6 Å². The highest BCUT2D eigenvalue weighted by Gasteiger charge is 2.66. The number of nitrogens with zero attached hydrogens (tertiary/aromatic N) is 4. The molecule has 1 unspecified atom stereocenters. The van der Waals surface area contributed by atoms with Crippen molar-refractivity contribution >= 4 is 47.5 Å². The Morgan fingerprint density at radius 1 is 1.14 bits per heavy atom. The molecule has 2 aliphatic heterocycles. The van der Waals surface area contributed by atoms with Crippen LogP contribution < -0.4 is 10.2 Å². The number of aliphatic hydroxyl groups is 2. The standard InChI is InChI=1S/C36H41BrFN5O5Si/c1-22-33(49(3,4)38)32(16-17-42-20-30(40-41-42)28(21-44)25-8-6-5-7-9-25)48-36(22)29-18-26(37)12-15-31(29)43(35(36)47)19-24-10-13-27(14-11-24)39-34(46)23(2)45/h5-15,18,20,22-23,28,32-33,44-45H,16-17,19,21H2,1-4H3,(H,39,46)/t22-,23+,28?,32+,33-,36+/m1/s1. The fourth-order valence-corrected chi connectivity index (χ4v) is 10.4. The van der Waals surface area contributed by atoms with Crippen molar-refractivity contribution < 1.29 is 28.6 Å². The molecule has 3 aromatic carbocycles. The average Bonchev–Trinajstić information content (AvgIpc) is 3.72. The van der Waals surface area contributed by atoms with Crippen molar-refractivity contribution in [1.82, 2.24) is 15.0 Å². The number of carbonyl (C=O) groups excluding carboxylic acids is 2. The van der Waals surface area contributed by atoms with Gasteiger partial charge in [0.05, 0.1) is 36.6 Å². The number of hydrogen-bond acceptors (Lipinski definition) is 7. The summed E-state index contributed by atoms with van der Waals surface area (Å²) in [6.45, 7) is 7.22. The maximum Gasteiger partial charge on any atom is 0.264 e. The second kappa shape index (κ2) is 13.9. The number of nitrogens with one attached hydrogen (secondary N) is 1. The summed E-state index contributed by atoms with van der Waals surface area (Å²) in [6, 6.07) is 22.4. The van der Waals surface area contributed by atoms with Gasteiger partial charge >= 0.3 is 0 Å². The minimum Gasteiger partial charge on any atom is -0.395 e. The quantitative estimate of drug-likeness (QED) is 0.129. The molecule has 0 aliphatic carbocycles. The van der Waals surface area contributed by atoms with Crippen LogP contribution in [-0.2, 0) is 33.0 Å². The Balaban J connectivity index is 1.26. The highest BCUT2D eigenvalue weighted by molar-refractivity contribution is 9.10. The van der Waals surface area contributed by atoms with Gasteiger partial charge in [0.2, 0.25) is 8.41 Å². The molecule has 1 saturated heterocycles. The second-order valence-electron chi connectivity index (χ2n) is 13.5. The van der Waals surface area contributed by atoms with Gasteiger partial charge in [0.15, 0.2) is 5.60 Å². The second-order valence-corrected chi connectivity index (χ2v) is 18.2. The largest absolute Gasteiger partial charge is 0.395 e. The van der Waals surface area contributed by atoms with Crippen molar-refractivity contribution in [3.8, 4) is 0 Å². The molecule has 6 atom stereocenters. The lowest BCUT2D eigenvalue weighted by atomic mass is 9.82. The van der Waals surface area contributed by atoms with Crippen LogP contribution >= 0.6 is 15.9 Å². The first-order valence-corrected chi connectivity index (χ1v) is 20.2. The van der Waals surface area contributed by atoms with Gasteiger partial charge in [0.1, 0.15) is 6.10 Å². The van der Waals surface area contributed by atoms with Gasteiger partial charge in [-0.3, -0.25) is 14.3 Å². The van der Waals surface area contributed by atoms with E-state index >= 15 is 4.11 Å². The monoisotopic (exact) mass is 749 g/mol. The first-order chi connectivity index (χ1) is 23.3. The minimum absolute atomic E-state index is 0.116. The first kappa shape index (κ1) is 35.1. The number of aliphatic hydroxyl groups excluding tert-OH is 2. The maximum absolute atomic E-state index is 16.3. The molecule has 0 saturated carbocycles. The number of rotatable bonds is 11. The summed E-state index contributed by atoms with van der Waals surface area (Å²) in [7, 11) is -3.37. The van der Waals surface area contributed by atoms with Crippen molar-refractivity contribution in [3.05, 3.63) is 106 Å². The van der Waals surface area contributed by atoms with E-state index in [1.807, 2.05) is 73.8 Å². The highest BCUT2D eigenvalue weighted by Crippen LogP contribution is 2.60. The zero-order valence-electron chi connectivity index (χ0n) is 27.9. The summed E-state index contributed by atoms with van der Waals surface area (Å²) in [5.74, 6) is -1.51. The lowest BCUT2D eigenvalue weighted by Crippen LogP contribution is -2.45. The summed E-state index contributed by atoms with van der Waals surface area (Å²) in [5, 5.41) is 31.0. The van der Waals surface area contributed by atoms with Crippen molar-refractivity contribution in [1.29, 1.82) is 0 Å². The van der Waals surface area contributed by atoms with Crippen LogP contribution in [0.5, 0.6) is 0 Å². The van der Waals surface area contributed by atoms with E-state index in [1.54, 1.807) is 34.8 Å². The fraction of sp³-hybridized carbons (Fsp3) is 0.389. The summed E-state index contributed by atoms with van der Waals surface area (Å²) in [4.78, 5) is 28.3. The predicted octanol–water partition coefficient (Wildman–Crippen LogP) is 5.90. The first-order valence-electron chi connectivity index (χ1n) is 16.5. The minimum atomic E-state index is -3.37. The molecule has 0 radical (unpaired) electrons. The molecule has 10 nitrogen and oxygen atoms in total. The topological polar surface area (TPSA) is 130 Å². The van der Waals surface area contributed by atoms with Crippen LogP contribution in [0.2, 0.25) is 18.6 Å². The fourth-order valence-electron chi connectivity index (χ4n) is 7.47. The van der Waals surface area contributed by atoms with Gasteiger partial charge in [0.25, 0.3) is 11.8 Å². The summed E-state index contributed by atoms with van der Waals surface area (Å²) in [6.07, 6.45) is 0.542.